The predicted molar refractivity (Wildman–Crippen MR) is 58.1 cm³/mol. The molecule has 3 nitrogen and oxygen atoms in total. The summed E-state index contributed by atoms with van der Waals surface area (Å²) < 4.78 is 0.210. The lowest BCUT2D eigenvalue weighted by Crippen LogP contribution is -2.31. The molecular formula is C10H15N3S. The van der Waals surface area contributed by atoms with E-state index in [1.54, 1.807) is 24.2 Å². The molecule has 2 rings (SSSR count). The lowest BCUT2D eigenvalue weighted by Gasteiger charge is -2.24. The fourth-order valence-corrected chi connectivity index (χ4v) is 3.09. The molecule has 2 N–H and O–H groups in total. The van der Waals surface area contributed by atoms with Gasteiger partial charge in [-0.15, -0.1) is 0 Å². The van der Waals surface area contributed by atoms with Crippen LogP contribution < -0.4 is 5.73 Å². The van der Waals surface area contributed by atoms with Gasteiger partial charge in [0.25, 0.3) is 0 Å². The largest absolute Gasteiger partial charge is 0.329 e. The molecule has 1 heterocycles. The highest BCUT2D eigenvalue weighted by Crippen LogP contribution is 2.43. The molecule has 1 aromatic heterocycles. The first-order valence-corrected chi connectivity index (χ1v) is 5.82. The highest BCUT2D eigenvalue weighted by Gasteiger charge is 2.34. The van der Waals surface area contributed by atoms with E-state index in [2.05, 4.69) is 9.97 Å². The van der Waals surface area contributed by atoms with Crippen molar-refractivity contribution in [3.63, 3.8) is 0 Å². The summed E-state index contributed by atoms with van der Waals surface area (Å²) in [6.45, 7) is 0.732. The third-order valence-electron chi connectivity index (χ3n) is 2.74. The van der Waals surface area contributed by atoms with Gasteiger partial charge in [0, 0.05) is 23.7 Å². The van der Waals surface area contributed by atoms with Crippen molar-refractivity contribution >= 4 is 11.8 Å². The van der Waals surface area contributed by atoms with Crippen LogP contribution in [0.1, 0.15) is 25.7 Å². The molecule has 0 radical (unpaired) electrons. The van der Waals surface area contributed by atoms with Crippen LogP contribution in [0.25, 0.3) is 0 Å². The molecule has 0 saturated heterocycles. The third kappa shape index (κ3) is 2.07. The van der Waals surface area contributed by atoms with Gasteiger partial charge in [-0.1, -0.05) is 24.6 Å². The van der Waals surface area contributed by atoms with Crippen molar-refractivity contribution in [2.75, 3.05) is 6.54 Å². The zero-order valence-corrected chi connectivity index (χ0v) is 8.96. The maximum atomic E-state index is 5.84. The monoisotopic (exact) mass is 209 g/mol. The first-order valence-electron chi connectivity index (χ1n) is 5.01. The van der Waals surface area contributed by atoms with E-state index in [0.29, 0.717) is 0 Å². The predicted octanol–water partition coefficient (Wildman–Crippen LogP) is 1.84. The van der Waals surface area contributed by atoms with Crippen molar-refractivity contribution in [3.05, 3.63) is 18.5 Å². The minimum atomic E-state index is 0.210. The first kappa shape index (κ1) is 9.93. The Kier molecular flexibility index (Phi) is 3.03. The average Bonchev–Trinajstić information content (AvgIpc) is 2.69. The third-order valence-corrected chi connectivity index (χ3v) is 4.14. The van der Waals surface area contributed by atoms with Crippen LogP contribution in [0.15, 0.2) is 23.6 Å². The van der Waals surface area contributed by atoms with Crippen LogP contribution in [-0.2, 0) is 0 Å². The van der Waals surface area contributed by atoms with Gasteiger partial charge in [0.15, 0.2) is 5.16 Å². The van der Waals surface area contributed by atoms with Gasteiger partial charge in [-0.25, -0.2) is 9.97 Å². The quantitative estimate of drug-likeness (QED) is 0.772. The highest BCUT2D eigenvalue weighted by atomic mass is 32.2. The topological polar surface area (TPSA) is 51.8 Å². The van der Waals surface area contributed by atoms with E-state index >= 15 is 0 Å². The van der Waals surface area contributed by atoms with Gasteiger partial charge in [0.1, 0.15) is 0 Å². The van der Waals surface area contributed by atoms with Crippen molar-refractivity contribution in [2.24, 2.45) is 5.73 Å². The molecule has 1 aromatic rings. The summed E-state index contributed by atoms with van der Waals surface area (Å²) in [5.74, 6) is 0. The molecule has 14 heavy (non-hydrogen) atoms. The maximum Gasteiger partial charge on any atom is 0.188 e. The summed E-state index contributed by atoms with van der Waals surface area (Å²) in [6, 6.07) is 1.84. The van der Waals surface area contributed by atoms with Crippen molar-refractivity contribution in [3.8, 4) is 0 Å². The normalized spacial score (nSPS) is 19.8. The summed E-state index contributed by atoms with van der Waals surface area (Å²) in [5.41, 5.74) is 5.84. The van der Waals surface area contributed by atoms with Crippen LogP contribution in [0, 0.1) is 0 Å². The number of aromatic nitrogens is 2. The van der Waals surface area contributed by atoms with Gasteiger partial charge in [0.05, 0.1) is 0 Å². The van der Waals surface area contributed by atoms with E-state index in [0.717, 1.165) is 11.7 Å². The van der Waals surface area contributed by atoms with E-state index in [-0.39, 0.29) is 4.75 Å². The Hall–Kier alpha value is -0.610. The molecule has 0 amide bonds. The summed E-state index contributed by atoms with van der Waals surface area (Å²) in [5, 5.41) is 0.861. The molecule has 0 atom stereocenters. The zero-order valence-electron chi connectivity index (χ0n) is 8.15. The van der Waals surface area contributed by atoms with Crippen molar-refractivity contribution < 1.29 is 0 Å². The minimum Gasteiger partial charge on any atom is -0.329 e. The fourth-order valence-electron chi connectivity index (χ4n) is 1.90. The molecule has 4 heteroatoms. The number of hydrogen-bond donors (Lipinski definition) is 1. The molecule has 0 aliphatic heterocycles. The number of nitrogens with two attached hydrogens (primary N) is 1. The lowest BCUT2D eigenvalue weighted by atomic mass is 10.1. The standard InChI is InChI=1S/C10H15N3S/c11-8-10(4-1-2-5-10)14-9-12-6-3-7-13-9/h3,6-7H,1-2,4-5,8,11H2. The molecular weight excluding hydrogens is 194 g/mol. The van der Waals surface area contributed by atoms with Crippen LogP contribution in [-0.4, -0.2) is 21.3 Å². The molecule has 1 aliphatic carbocycles. The van der Waals surface area contributed by atoms with Crippen molar-refractivity contribution in [2.45, 2.75) is 35.6 Å². The Labute approximate surface area is 88.5 Å². The summed E-state index contributed by atoms with van der Waals surface area (Å²) in [4.78, 5) is 8.46. The first-order chi connectivity index (χ1) is 6.85. The van der Waals surface area contributed by atoms with E-state index < -0.39 is 0 Å². The lowest BCUT2D eigenvalue weighted by molar-refractivity contribution is 0.616. The summed E-state index contributed by atoms with van der Waals surface area (Å²) >= 11 is 1.75. The number of rotatable bonds is 3. The van der Waals surface area contributed by atoms with Gasteiger partial charge >= 0.3 is 0 Å². The highest BCUT2D eigenvalue weighted by molar-refractivity contribution is 8.00. The second-order valence-corrected chi connectivity index (χ2v) is 5.16. The number of thioether (sulfide) groups is 1. The molecule has 0 aromatic carbocycles. The molecule has 1 fully saturated rings. The van der Waals surface area contributed by atoms with Crippen LogP contribution in [0.4, 0.5) is 0 Å². The van der Waals surface area contributed by atoms with Gasteiger partial charge in [0.2, 0.25) is 0 Å². The SMILES string of the molecule is NCC1(Sc2ncccn2)CCCC1. The van der Waals surface area contributed by atoms with E-state index in [4.69, 9.17) is 5.73 Å². The van der Waals surface area contributed by atoms with Gasteiger partial charge in [-0.05, 0) is 18.9 Å². The number of hydrogen-bond acceptors (Lipinski definition) is 4. The zero-order chi connectivity index (χ0) is 9.86. The van der Waals surface area contributed by atoms with Crippen molar-refractivity contribution in [1.82, 2.24) is 9.97 Å². The fraction of sp³-hybridized carbons (Fsp3) is 0.600. The minimum absolute atomic E-state index is 0.210. The Morgan fingerprint density at radius 3 is 2.50 bits per heavy atom. The molecule has 1 aliphatic rings. The van der Waals surface area contributed by atoms with Gasteiger partial charge in [-0.2, -0.15) is 0 Å². The molecule has 1 saturated carbocycles. The van der Waals surface area contributed by atoms with Crippen LogP contribution in [0.3, 0.4) is 0 Å². The molecule has 0 spiro atoms. The molecule has 76 valence electrons. The van der Waals surface area contributed by atoms with Crippen molar-refractivity contribution in [1.29, 1.82) is 0 Å². The van der Waals surface area contributed by atoms with Gasteiger partial charge < -0.3 is 5.73 Å². The average molecular weight is 209 g/mol. The molecule has 0 bridgehead atoms. The van der Waals surface area contributed by atoms with E-state index in [1.807, 2.05) is 6.07 Å². The Bertz CT molecular complexity index is 283. The van der Waals surface area contributed by atoms with E-state index in [9.17, 15) is 0 Å². The second kappa shape index (κ2) is 4.28. The van der Waals surface area contributed by atoms with Crippen LogP contribution in [0.5, 0.6) is 0 Å². The van der Waals surface area contributed by atoms with Gasteiger partial charge in [-0.3, -0.25) is 0 Å². The second-order valence-electron chi connectivity index (χ2n) is 3.73. The Morgan fingerprint density at radius 1 is 1.29 bits per heavy atom. The van der Waals surface area contributed by atoms with Crippen LogP contribution in [0.2, 0.25) is 0 Å². The number of nitrogens with zero attached hydrogens (tertiary/aromatic N) is 2. The Balaban J connectivity index is 2.08. The summed E-state index contributed by atoms with van der Waals surface area (Å²) in [7, 11) is 0. The maximum absolute atomic E-state index is 5.84. The summed E-state index contributed by atoms with van der Waals surface area (Å²) in [6.07, 6.45) is 8.55. The van der Waals surface area contributed by atoms with E-state index in [1.165, 1.54) is 25.7 Å². The molecule has 0 unspecified atom stereocenters. The van der Waals surface area contributed by atoms with Crippen LogP contribution >= 0.6 is 11.8 Å². The smallest absolute Gasteiger partial charge is 0.188 e. The Morgan fingerprint density at radius 2 is 1.93 bits per heavy atom.